The molecule has 0 radical (unpaired) electrons. The molecule has 2 nitrogen and oxygen atoms in total. The number of rotatable bonds is 5. The van der Waals surface area contributed by atoms with Gasteiger partial charge in [-0.1, -0.05) is 49.1 Å². The van der Waals surface area contributed by atoms with Crippen LogP contribution in [0.2, 0.25) is 0 Å². The fourth-order valence-corrected chi connectivity index (χ4v) is 3.31. The molecule has 112 valence electrons. The van der Waals surface area contributed by atoms with Gasteiger partial charge in [-0.25, -0.2) is 0 Å². The summed E-state index contributed by atoms with van der Waals surface area (Å²) in [4.78, 5) is 2.45. The molecule has 1 aromatic carbocycles. The maximum atomic E-state index is 3.77. The fourth-order valence-electron chi connectivity index (χ4n) is 3.31. The van der Waals surface area contributed by atoms with Gasteiger partial charge in [0, 0.05) is 18.1 Å². The van der Waals surface area contributed by atoms with Crippen LogP contribution in [0.5, 0.6) is 0 Å². The minimum absolute atomic E-state index is 0.358. The Morgan fingerprint density at radius 2 is 1.70 bits per heavy atom. The number of hydrogen-bond donors (Lipinski definition) is 1. The average Bonchev–Trinajstić information content (AvgIpc) is 2.46. The number of aryl methyl sites for hydroxylation is 1. The molecule has 0 bridgehead atoms. The lowest BCUT2D eigenvalue weighted by Gasteiger charge is -2.44. The van der Waals surface area contributed by atoms with E-state index < -0.39 is 0 Å². The van der Waals surface area contributed by atoms with Gasteiger partial charge in [-0.15, -0.1) is 0 Å². The van der Waals surface area contributed by atoms with E-state index in [9.17, 15) is 0 Å². The Morgan fingerprint density at radius 1 is 1.10 bits per heavy atom. The highest BCUT2D eigenvalue weighted by atomic mass is 15.2. The zero-order valence-corrected chi connectivity index (χ0v) is 13.6. The number of hydrogen-bond acceptors (Lipinski definition) is 2. The van der Waals surface area contributed by atoms with Crippen LogP contribution in [0.15, 0.2) is 24.3 Å². The van der Waals surface area contributed by atoms with Gasteiger partial charge in [-0.05, 0) is 46.3 Å². The second kappa shape index (κ2) is 6.73. The predicted octanol–water partition coefficient (Wildman–Crippen LogP) is 3.91. The van der Waals surface area contributed by atoms with Crippen LogP contribution in [0.4, 0.5) is 0 Å². The molecule has 20 heavy (non-hydrogen) atoms. The lowest BCUT2D eigenvalue weighted by atomic mass is 9.80. The van der Waals surface area contributed by atoms with E-state index in [4.69, 9.17) is 0 Å². The van der Waals surface area contributed by atoms with Crippen molar-refractivity contribution in [1.29, 1.82) is 0 Å². The zero-order chi connectivity index (χ0) is 14.6. The van der Waals surface area contributed by atoms with Crippen LogP contribution in [-0.4, -0.2) is 31.1 Å². The summed E-state index contributed by atoms with van der Waals surface area (Å²) in [5.41, 5.74) is 3.08. The molecule has 0 heterocycles. The van der Waals surface area contributed by atoms with Crippen LogP contribution in [0.1, 0.15) is 56.2 Å². The van der Waals surface area contributed by atoms with Gasteiger partial charge in [-0.3, -0.25) is 0 Å². The van der Waals surface area contributed by atoms with Crippen LogP contribution in [0.3, 0.4) is 0 Å². The summed E-state index contributed by atoms with van der Waals surface area (Å²) in [7, 11) is 4.48. The molecule has 1 unspecified atom stereocenters. The Bertz CT molecular complexity index is 402. The molecule has 1 aliphatic rings. The predicted molar refractivity (Wildman–Crippen MR) is 87.1 cm³/mol. The van der Waals surface area contributed by atoms with Crippen LogP contribution < -0.4 is 5.32 Å². The molecule has 0 aliphatic heterocycles. The highest BCUT2D eigenvalue weighted by Crippen LogP contribution is 2.32. The van der Waals surface area contributed by atoms with Crippen LogP contribution in [0, 0.1) is 6.92 Å². The molecule has 2 heteroatoms. The average molecular weight is 274 g/mol. The zero-order valence-electron chi connectivity index (χ0n) is 13.6. The van der Waals surface area contributed by atoms with Gasteiger partial charge in [-0.2, -0.15) is 0 Å². The summed E-state index contributed by atoms with van der Waals surface area (Å²) >= 11 is 0. The van der Waals surface area contributed by atoms with Gasteiger partial charge in [0.15, 0.2) is 0 Å². The lowest BCUT2D eigenvalue weighted by molar-refractivity contribution is 0.0958. The summed E-state index contributed by atoms with van der Waals surface area (Å²) in [5.74, 6) is 0. The number of benzene rings is 1. The van der Waals surface area contributed by atoms with Gasteiger partial charge >= 0.3 is 0 Å². The smallest absolute Gasteiger partial charge is 0.0328 e. The third-order valence-corrected chi connectivity index (χ3v) is 5.05. The Hall–Kier alpha value is -0.860. The van der Waals surface area contributed by atoms with E-state index in [0.29, 0.717) is 11.6 Å². The molecule has 1 aliphatic carbocycles. The molecule has 0 aromatic heterocycles. The molecule has 2 rings (SSSR count). The molecule has 1 N–H and O–H groups in total. The van der Waals surface area contributed by atoms with Gasteiger partial charge in [0.05, 0.1) is 0 Å². The van der Waals surface area contributed by atoms with Crippen molar-refractivity contribution in [2.24, 2.45) is 0 Å². The van der Waals surface area contributed by atoms with Crippen molar-refractivity contribution in [3.63, 3.8) is 0 Å². The minimum Gasteiger partial charge on any atom is -0.308 e. The Labute approximate surface area is 124 Å². The Kier molecular flexibility index (Phi) is 5.22. The first-order valence-corrected chi connectivity index (χ1v) is 8.01. The van der Waals surface area contributed by atoms with Crippen LogP contribution in [-0.2, 0) is 0 Å². The monoisotopic (exact) mass is 274 g/mol. The first-order valence-electron chi connectivity index (χ1n) is 8.01. The third kappa shape index (κ3) is 3.62. The molecular formula is C18H30N2. The summed E-state index contributed by atoms with van der Waals surface area (Å²) in [6.07, 6.45) is 6.81. The van der Waals surface area contributed by atoms with Crippen molar-refractivity contribution >= 4 is 0 Å². The molecule has 1 atom stereocenters. The first-order chi connectivity index (χ1) is 9.53. The van der Waals surface area contributed by atoms with Gasteiger partial charge in [0.1, 0.15) is 0 Å². The molecule has 0 amide bonds. The molecule has 1 saturated carbocycles. The summed E-state index contributed by atoms with van der Waals surface area (Å²) in [6.45, 7) is 5.51. The van der Waals surface area contributed by atoms with E-state index in [1.54, 1.807) is 0 Å². The fraction of sp³-hybridized carbons (Fsp3) is 0.667. The van der Waals surface area contributed by atoms with E-state index in [-0.39, 0.29) is 0 Å². The summed E-state index contributed by atoms with van der Waals surface area (Å²) in [6, 6.07) is 9.33. The van der Waals surface area contributed by atoms with E-state index in [2.05, 4.69) is 62.4 Å². The molecular weight excluding hydrogens is 244 g/mol. The van der Waals surface area contributed by atoms with E-state index in [1.807, 2.05) is 0 Å². The van der Waals surface area contributed by atoms with Crippen LogP contribution >= 0.6 is 0 Å². The first kappa shape index (κ1) is 15.5. The topological polar surface area (TPSA) is 15.3 Å². The number of nitrogens with one attached hydrogen (secondary N) is 1. The molecule has 0 saturated heterocycles. The summed E-state index contributed by atoms with van der Waals surface area (Å²) < 4.78 is 0. The molecule has 1 fully saturated rings. The summed E-state index contributed by atoms with van der Waals surface area (Å²) in [5, 5.41) is 3.77. The van der Waals surface area contributed by atoms with Gasteiger partial charge in [0.25, 0.3) is 0 Å². The van der Waals surface area contributed by atoms with Gasteiger partial charge < -0.3 is 10.2 Å². The standard InChI is InChI=1S/C18H30N2/c1-15-8-10-17(11-9-15)16(2)19-14-18(20(3)4)12-6-5-7-13-18/h8-11,16,19H,5-7,12-14H2,1-4H3. The number of nitrogens with zero attached hydrogens (tertiary/aromatic N) is 1. The van der Waals surface area contributed by atoms with Crippen molar-refractivity contribution in [2.45, 2.75) is 57.5 Å². The quantitative estimate of drug-likeness (QED) is 0.875. The molecule has 0 spiro atoms. The van der Waals surface area contributed by atoms with Gasteiger partial charge in [0.2, 0.25) is 0 Å². The van der Waals surface area contributed by atoms with Crippen molar-refractivity contribution in [3.05, 3.63) is 35.4 Å². The second-order valence-corrected chi connectivity index (χ2v) is 6.69. The van der Waals surface area contributed by atoms with Crippen molar-refractivity contribution < 1.29 is 0 Å². The highest BCUT2D eigenvalue weighted by Gasteiger charge is 2.34. The third-order valence-electron chi connectivity index (χ3n) is 5.05. The normalized spacial score (nSPS) is 20.1. The van der Waals surface area contributed by atoms with Crippen LogP contribution in [0.25, 0.3) is 0 Å². The molecule has 1 aromatic rings. The van der Waals surface area contributed by atoms with E-state index in [1.165, 1.54) is 43.2 Å². The largest absolute Gasteiger partial charge is 0.308 e. The lowest BCUT2D eigenvalue weighted by Crippen LogP contribution is -2.53. The minimum atomic E-state index is 0.358. The second-order valence-electron chi connectivity index (χ2n) is 6.69. The van der Waals surface area contributed by atoms with Crippen molar-refractivity contribution in [1.82, 2.24) is 10.2 Å². The van der Waals surface area contributed by atoms with Crippen molar-refractivity contribution in [2.75, 3.05) is 20.6 Å². The Morgan fingerprint density at radius 3 is 2.25 bits per heavy atom. The van der Waals surface area contributed by atoms with E-state index >= 15 is 0 Å². The van der Waals surface area contributed by atoms with Crippen molar-refractivity contribution in [3.8, 4) is 0 Å². The van der Waals surface area contributed by atoms with E-state index in [0.717, 1.165) is 6.54 Å². The SMILES string of the molecule is Cc1ccc(C(C)NCC2(N(C)C)CCCCC2)cc1. The number of likely N-dealkylation sites (N-methyl/N-ethyl adjacent to an activating group) is 1. The Balaban J connectivity index is 1.96. The maximum absolute atomic E-state index is 3.77. The maximum Gasteiger partial charge on any atom is 0.0328 e. The highest BCUT2D eigenvalue weighted by molar-refractivity contribution is 5.23.